The van der Waals surface area contributed by atoms with Crippen molar-refractivity contribution in [2.75, 3.05) is 0 Å². The Balaban J connectivity index is 2.60. The van der Waals surface area contributed by atoms with Gasteiger partial charge < -0.3 is 0 Å². The first kappa shape index (κ1) is 11.4. The first-order valence-corrected chi connectivity index (χ1v) is 5.19. The first-order chi connectivity index (χ1) is 8.08. The van der Waals surface area contributed by atoms with Gasteiger partial charge in [-0.05, 0) is 25.1 Å². The zero-order valence-electron chi connectivity index (χ0n) is 9.57. The van der Waals surface area contributed by atoms with E-state index in [9.17, 15) is 9.18 Å². The quantitative estimate of drug-likeness (QED) is 0.745. The summed E-state index contributed by atoms with van der Waals surface area (Å²) >= 11 is 0. The fraction of sp³-hybridized carbons (Fsp3) is 0.154. The molecule has 0 aliphatic heterocycles. The Labute approximate surface area is 98.3 Å². The van der Waals surface area contributed by atoms with Gasteiger partial charge in [-0.3, -0.25) is 4.79 Å². The second-order valence-corrected chi connectivity index (χ2v) is 3.75. The van der Waals surface area contributed by atoms with Crippen molar-refractivity contribution in [3.63, 3.8) is 0 Å². The molecule has 0 fully saturated rings. The maximum absolute atomic E-state index is 13.6. The van der Waals surface area contributed by atoms with Crippen molar-refractivity contribution in [2.45, 2.75) is 13.8 Å². The fourth-order valence-electron chi connectivity index (χ4n) is 1.53. The van der Waals surface area contributed by atoms with E-state index in [1.54, 1.807) is 31.2 Å². The third-order valence-corrected chi connectivity index (χ3v) is 2.32. The SMILES string of the molecule is CC(=O)c1nc(C)cc(-c2ccccc2F)n1. The monoisotopic (exact) mass is 230 g/mol. The van der Waals surface area contributed by atoms with Crippen LogP contribution in [0.25, 0.3) is 11.3 Å². The van der Waals surface area contributed by atoms with Gasteiger partial charge in [-0.2, -0.15) is 0 Å². The van der Waals surface area contributed by atoms with Crippen molar-refractivity contribution in [1.82, 2.24) is 9.97 Å². The third-order valence-electron chi connectivity index (χ3n) is 2.32. The van der Waals surface area contributed by atoms with Gasteiger partial charge in [-0.25, -0.2) is 14.4 Å². The van der Waals surface area contributed by atoms with Gasteiger partial charge in [-0.15, -0.1) is 0 Å². The van der Waals surface area contributed by atoms with Crippen LogP contribution in [0.3, 0.4) is 0 Å². The minimum atomic E-state index is -0.361. The molecule has 1 aromatic heterocycles. The smallest absolute Gasteiger partial charge is 0.196 e. The van der Waals surface area contributed by atoms with Crippen LogP contribution in [0.2, 0.25) is 0 Å². The van der Waals surface area contributed by atoms with Crippen molar-refractivity contribution in [2.24, 2.45) is 0 Å². The number of aryl methyl sites for hydroxylation is 1. The van der Waals surface area contributed by atoms with E-state index in [1.165, 1.54) is 13.0 Å². The summed E-state index contributed by atoms with van der Waals surface area (Å²) in [6, 6.07) is 7.98. The zero-order valence-corrected chi connectivity index (χ0v) is 9.57. The molecular weight excluding hydrogens is 219 g/mol. The summed E-state index contributed by atoms with van der Waals surface area (Å²) in [5.74, 6) is -0.477. The number of carbonyl (C=O) groups excluding carboxylic acids is 1. The average Bonchev–Trinajstić information content (AvgIpc) is 2.28. The molecule has 0 aliphatic rings. The second-order valence-electron chi connectivity index (χ2n) is 3.75. The number of ketones is 1. The molecule has 0 aliphatic carbocycles. The Bertz CT molecular complexity index is 581. The molecule has 17 heavy (non-hydrogen) atoms. The average molecular weight is 230 g/mol. The molecule has 1 aromatic carbocycles. The highest BCUT2D eigenvalue weighted by Gasteiger charge is 2.10. The summed E-state index contributed by atoms with van der Waals surface area (Å²) in [6.07, 6.45) is 0. The number of carbonyl (C=O) groups is 1. The van der Waals surface area contributed by atoms with E-state index >= 15 is 0 Å². The molecule has 0 saturated heterocycles. The lowest BCUT2D eigenvalue weighted by atomic mass is 10.1. The van der Waals surface area contributed by atoms with E-state index in [0.717, 1.165) is 0 Å². The van der Waals surface area contributed by atoms with Crippen molar-refractivity contribution in [3.05, 3.63) is 47.7 Å². The predicted octanol–water partition coefficient (Wildman–Crippen LogP) is 2.79. The number of rotatable bonds is 2. The number of halogens is 1. The van der Waals surface area contributed by atoms with Gasteiger partial charge >= 0.3 is 0 Å². The highest BCUT2D eigenvalue weighted by Crippen LogP contribution is 2.21. The normalized spacial score (nSPS) is 10.3. The van der Waals surface area contributed by atoms with E-state index < -0.39 is 0 Å². The molecule has 0 atom stereocenters. The summed E-state index contributed by atoms with van der Waals surface area (Å²) in [4.78, 5) is 19.3. The molecule has 2 aromatic rings. The molecule has 0 N–H and O–H groups in total. The molecule has 0 unspecified atom stereocenters. The maximum Gasteiger partial charge on any atom is 0.196 e. The van der Waals surface area contributed by atoms with Gasteiger partial charge in [0.15, 0.2) is 11.6 Å². The van der Waals surface area contributed by atoms with Crippen LogP contribution in [0.15, 0.2) is 30.3 Å². The zero-order chi connectivity index (χ0) is 12.4. The Kier molecular flexibility index (Phi) is 2.95. The van der Waals surface area contributed by atoms with E-state index in [-0.39, 0.29) is 17.4 Å². The minimum Gasteiger partial charge on any atom is -0.291 e. The summed E-state index contributed by atoms with van der Waals surface area (Å²) in [7, 11) is 0. The van der Waals surface area contributed by atoms with E-state index in [1.807, 2.05) is 0 Å². The molecule has 2 rings (SSSR count). The van der Waals surface area contributed by atoms with Crippen LogP contribution in [0.1, 0.15) is 23.2 Å². The highest BCUT2D eigenvalue weighted by atomic mass is 19.1. The van der Waals surface area contributed by atoms with Crippen molar-refractivity contribution >= 4 is 5.78 Å². The number of nitrogens with zero attached hydrogens (tertiary/aromatic N) is 2. The third kappa shape index (κ3) is 2.36. The van der Waals surface area contributed by atoms with Gasteiger partial charge in [0.2, 0.25) is 0 Å². The lowest BCUT2D eigenvalue weighted by Gasteiger charge is -2.05. The lowest BCUT2D eigenvalue weighted by molar-refractivity contribution is 0.100. The van der Waals surface area contributed by atoms with Gasteiger partial charge in [0.25, 0.3) is 0 Å². The molecule has 0 amide bonds. The van der Waals surface area contributed by atoms with E-state index in [2.05, 4.69) is 9.97 Å². The summed E-state index contributed by atoms with van der Waals surface area (Å²) in [6.45, 7) is 3.14. The topological polar surface area (TPSA) is 42.9 Å². The molecule has 0 spiro atoms. The van der Waals surface area contributed by atoms with E-state index in [4.69, 9.17) is 0 Å². The first-order valence-electron chi connectivity index (χ1n) is 5.19. The fourth-order valence-corrected chi connectivity index (χ4v) is 1.53. The number of hydrogen-bond acceptors (Lipinski definition) is 3. The standard InChI is InChI=1S/C13H11FN2O/c1-8-7-12(16-13(15-8)9(2)17)10-5-3-4-6-11(10)14/h3-7H,1-2H3. The van der Waals surface area contributed by atoms with Crippen molar-refractivity contribution < 1.29 is 9.18 Å². The minimum absolute atomic E-state index is 0.114. The number of aromatic nitrogens is 2. The number of benzene rings is 1. The van der Waals surface area contributed by atoms with Crippen LogP contribution in [0.5, 0.6) is 0 Å². The Morgan fingerprint density at radius 1 is 1.24 bits per heavy atom. The molecule has 0 bridgehead atoms. The van der Waals surface area contributed by atoms with Gasteiger partial charge in [0.1, 0.15) is 5.82 Å². The van der Waals surface area contributed by atoms with Crippen molar-refractivity contribution in [3.8, 4) is 11.3 Å². The largest absolute Gasteiger partial charge is 0.291 e. The van der Waals surface area contributed by atoms with E-state index in [0.29, 0.717) is 17.0 Å². The van der Waals surface area contributed by atoms with Crippen LogP contribution < -0.4 is 0 Å². The molecule has 0 radical (unpaired) electrons. The van der Waals surface area contributed by atoms with Crippen molar-refractivity contribution in [1.29, 1.82) is 0 Å². The van der Waals surface area contributed by atoms with Crippen LogP contribution in [-0.2, 0) is 0 Å². The van der Waals surface area contributed by atoms with Gasteiger partial charge in [0.05, 0.1) is 5.69 Å². The van der Waals surface area contributed by atoms with Crippen LogP contribution in [-0.4, -0.2) is 15.8 Å². The Hall–Kier alpha value is -2.10. The van der Waals surface area contributed by atoms with Crippen LogP contribution in [0.4, 0.5) is 4.39 Å². The summed E-state index contributed by atoms with van der Waals surface area (Å²) < 4.78 is 13.6. The summed E-state index contributed by atoms with van der Waals surface area (Å²) in [5.41, 5.74) is 1.45. The van der Waals surface area contributed by atoms with Gasteiger partial charge in [0, 0.05) is 18.2 Å². The second kappa shape index (κ2) is 4.41. The summed E-state index contributed by atoms with van der Waals surface area (Å²) in [5, 5.41) is 0. The van der Waals surface area contributed by atoms with Crippen LogP contribution in [0, 0.1) is 12.7 Å². The number of hydrogen-bond donors (Lipinski definition) is 0. The molecular formula is C13H11FN2O. The van der Waals surface area contributed by atoms with Crippen LogP contribution >= 0.6 is 0 Å². The molecule has 1 heterocycles. The molecule has 4 heteroatoms. The molecule has 3 nitrogen and oxygen atoms in total. The number of Topliss-reactive ketones (excluding diaryl/α,β-unsaturated/α-hetero) is 1. The lowest BCUT2D eigenvalue weighted by Crippen LogP contribution is -2.04. The van der Waals surface area contributed by atoms with Gasteiger partial charge in [-0.1, -0.05) is 12.1 Å². The predicted molar refractivity (Wildman–Crippen MR) is 62.2 cm³/mol. The Morgan fingerprint density at radius 3 is 2.59 bits per heavy atom. The maximum atomic E-state index is 13.6. The Morgan fingerprint density at radius 2 is 1.94 bits per heavy atom. The molecule has 0 saturated carbocycles. The molecule has 86 valence electrons. The highest BCUT2D eigenvalue weighted by molar-refractivity contribution is 5.90.